The molecule has 0 spiro atoms. The molecule has 1 unspecified atom stereocenters. The number of urea groups is 1. The Labute approximate surface area is 110 Å². The summed E-state index contributed by atoms with van der Waals surface area (Å²) in [5.74, 6) is -2.69. The van der Waals surface area contributed by atoms with Gasteiger partial charge in [-0.3, -0.25) is 14.9 Å². The summed E-state index contributed by atoms with van der Waals surface area (Å²) in [7, 11) is 0. The number of esters is 1. The average molecular weight is 276 g/mol. The number of alkyl halides is 1. The van der Waals surface area contributed by atoms with Gasteiger partial charge in [-0.15, -0.1) is 0 Å². The molecule has 1 saturated heterocycles. The second kappa shape index (κ2) is 5.12. The highest BCUT2D eigenvalue weighted by Gasteiger charge is 2.55. The quantitative estimate of drug-likeness (QED) is 0.600. The zero-order valence-electron chi connectivity index (χ0n) is 11.3. The Morgan fingerprint density at radius 1 is 1.47 bits per heavy atom. The molecule has 0 aliphatic carbocycles. The molecule has 1 atom stereocenters. The first-order valence-corrected chi connectivity index (χ1v) is 5.78. The Bertz CT molecular complexity index is 406. The standard InChI is InChI=1S/C11H17FN2O5/c1-5-18-8(16)11(12)6-14(19-10(2,3)4)9(17)13-7(11)15/h5-6H2,1-4H3,(H,13,15,17). The van der Waals surface area contributed by atoms with E-state index >= 15 is 0 Å². The Balaban J connectivity index is 2.92. The third kappa shape index (κ3) is 3.40. The normalized spacial score (nSPS) is 24.2. The molecule has 0 aromatic carbocycles. The van der Waals surface area contributed by atoms with Crippen LogP contribution in [0, 0.1) is 0 Å². The fraction of sp³-hybridized carbons (Fsp3) is 0.727. The minimum Gasteiger partial charge on any atom is -0.463 e. The van der Waals surface area contributed by atoms with E-state index in [9.17, 15) is 18.8 Å². The van der Waals surface area contributed by atoms with Gasteiger partial charge < -0.3 is 4.74 Å². The molecule has 3 amide bonds. The number of halogens is 1. The fourth-order valence-corrected chi connectivity index (χ4v) is 1.41. The van der Waals surface area contributed by atoms with Crippen LogP contribution in [-0.2, 0) is 19.2 Å². The molecule has 1 aliphatic rings. The predicted octanol–water partition coefficient (Wildman–Crippen LogP) is 0.540. The lowest BCUT2D eigenvalue weighted by Gasteiger charge is -2.36. The van der Waals surface area contributed by atoms with Crippen molar-refractivity contribution in [2.24, 2.45) is 0 Å². The molecule has 0 aromatic rings. The minimum absolute atomic E-state index is 0.0775. The van der Waals surface area contributed by atoms with Gasteiger partial charge in [0.15, 0.2) is 0 Å². The molecule has 1 fully saturated rings. The van der Waals surface area contributed by atoms with E-state index in [1.165, 1.54) is 6.92 Å². The van der Waals surface area contributed by atoms with Crippen LogP contribution in [0.2, 0.25) is 0 Å². The van der Waals surface area contributed by atoms with Gasteiger partial charge in [0.1, 0.15) is 6.54 Å². The maximum atomic E-state index is 14.4. The number of imide groups is 1. The van der Waals surface area contributed by atoms with Crippen LogP contribution in [0.15, 0.2) is 0 Å². The third-order valence-electron chi connectivity index (χ3n) is 2.15. The Kier molecular flexibility index (Phi) is 4.14. The van der Waals surface area contributed by atoms with E-state index in [0.29, 0.717) is 5.06 Å². The summed E-state index contributed by atoms with van der Waals surface area (Å²) in [5, 5.41) is 2.34. The first kappa shape index (κ1) is 15.4. The second-order valence-electron chi connectivity index (χ2n) is 5.02. The second-order valence-corrected chi connectivity index (χ2v) is 5.02. The highest BCUT2D eigenvalue weighted by atomic mass is 19.1. The smallest absolute Gasteiger partial charge is 0.355 e. The van der Waals surface area contributed by atoms with E-state index in [0.717, 1.165) is 0 Å². The van der Waals surface area contributed by atoms with Gasteiger partial charge >= 0.3 is 17.7 Å². The van der Waals surface area contributed by atoms with Crippen LogP contribution in [-0.4, -0.2) is 47.4 Å². The molecular formula is C11H17FN2O5. The van der Waals surface area contributed by atoms with E-state index < -0.39 is 35.7 Å². The summed E-state index contributed by atoms with van der Waals surface area (Å²) in [5.41, 5.74) is -3.75. The summed E-state index contributed by atoms with van der Waals surface area (Å²) in [6, 6.07) is -0.919. The summed E-state index contributed by atoms with van der Waals surface area (Å²) >= 11 is 0. The number of nitrogens with zero attached hydrogens (tertiary/aromatic N) is 1. The van der Waals surface area contributed by atoms with Crippen LogP contribution in [0.25, 0.3) is 0 Å². The van der Waals surface area contributed by atoms with Gasteiger partial charge in [0.05, 0.1) is 12.2 Å². The van der Waals surface area contributed by atoms with Crippen LogP contribution >= 0.6 is 0 Å². The monoisotopic (exact) mass is 276 g/mol. The fourth-order valence-electron chi connectivity index (χ4n) is 1.41. The minimum atomic E-state index is -2.96. The summed E-state index contributed by atoms with van der Waals surface area (Å²) < 4.78 is 18.9. The highest BCUT2D eigenvalue weighted by Crippen LogP contribution is 2.23. The number of amides is 3. The van der Waals surface area contributed by atoms with Gasteiger partial charge in [-0.05, 0) is 27.7 Å². The molecule has 0 radical (unpaired) electrons. The Hall–Kier alpha value is -1.70. The van der Waals surface area contributed by atoms with Crippen LogP contribution in [0.1, 0.15) is 27.7 Å². The van der Waals surface area contributed by atoms with Gasteiger partial charge in [0.2, 0.25) is 0 Å². The van der Waals surface area contributed by atoms with Crippen LogP contribution in [0.5, 0.6) is 0 Å². The summed E-state index contributed by atoms with van der Waals surface area (Å²) in [6.07, 6.45) is 0. The zero-order chi connectivity index (χ0) is 14.8. The molecule has 0 saturated carbocycles. The maximum Gasteiger partial charge on any atom is 0.355 e. The van der Waals surface area contributed by atoms with Gasteiger partial charge in [-0.1, -0.05) is 0 Å². The summed E-state index contributed by atoms with van der Waals surface area (Å²) in [4.78, 5) is 39.6. The molecule has 1 N–H and O–H groups in total. The lowest BCUT2D eigenvalue weighted by Crippen LogP contribution is -2.66. The molecule has 1 aliphatic heterocycles. The van der Waals surface area contributed by atoms with Crippen molar-refractivity contribution in [1.82, 2.24) is 10.4 Å². The number of carbonyl (C=O) groups excluding carboxylic acids is 3. The lowest BCUT2D eigenvalue weighted by molar-refractivity contribution is -0.218. The molecule has 0 bridgehead atoms. The van der Waals surface area contributed by atoms with Crippen molar-refractivity contribution in [3.63, 3.8) is 0 Å². The number of hydrogen-bond donors (Lipinski definition) is 1. The Morgan fingerprint density at radius 3 is 2.53 bits per heavy atom. The van der Waals surface area contributed by atoms with Crippen molar-refractivity contribution in [3.05, 3.63) is 0 Å². The number of rotatable bonds is 3. The third-order valence-corrected chi connectivity index (χ3v) is 2.15. The topological polar surface area (TPSA) is 84.9 Å². The number of hydrogen-bond acceptors (Lipinski definition) is 5. The number of ether oxygens (including phenoxy) is 1. The van der Waals surface area contributed by atoms with Gasteiger partial charge in [-0.25, -0.2) is 14.0 Å². The van der Waals surface area contributed by atoms with E-state index in [1.807, 2.05) is 0 Å². The zero-order valence-corrected chi connectivity index (χ0v) is 11.3. The highest BCUT2D eigenvalue weighted by molar-refractivity contribution is 6.13. The molecule has 0 aromatic heterocycles. The first-order valence-electron chi connectivity index (χ1n) is 5.78. The largest absolute Gasteiger partial charge is 0.463 e. The van der Waals surface area contributed by atoms with Gasteiger partial charge in [0.25, 0.3) is 5.91 Å². The first-order chi connectivity index (χ1) is 8.60. The molecule has 1 rings (SSSR count). The van der Waals surface area contributed by atoms with Crippen LogP contribution in [0.3, 0.4) is 0 Å². The van der Waals surface area contributed by atoms with E-state index in [4.69, 9.17) is 4.84 Å². The lowest BCUT2D eigenvalue weighted by atomic mass is 10.0. The summed E-state index contributed by atoms with van der Waals surface area (Å²) in [6.45, 7) is 5.49. The molecule has 1 heterocycles. The Morgan fingerprint density at radius 2 is 2.05 bits per heavy atom. The van der Waals surface area contributed by atoms with Crippen molar-refractivity contribution in [3.8, 4) is 0 Å². The van der Waals surface area contributed by atoms with Gasteiger partial charge in [-0.2, -0.15) is 5.06 Å². The molecular weight excluding hydrogens is 259 g/mol. The number of nitrogens with one attached hydrogen (secondary N) is 1. The van der Waals surface area contributed by atoms with Crippen molar-refractivity contribution in [2.45, 2.75) is 39.0 Å². The van der Waals surface area contributed by atoms with E-state index in [-0.39, 0.29) is 6.61 Å². The van der Waals surface area contributed by atoms with Crippen molar-refractivity contribution in [1.29, 1.82) is 0 Å². The molecule has 108 valence electrons. The van der Waals surface area contributed by atoms with Gasteiger partial charge in [0, 0.05) is 0 Å². The van der Waals surface area contributed by atoms with Crippen molar-refractivity contribution < 1.29 is 28.3 Å². The predicted molar refractivity (Wildman–Crippen MR) is 61.6 cm³/mol. The molecule has 8 heteroatoms. The molecule has 7 nitrogen and oxygen atoms in total. The SMILES string of the molecule is CCOC(=O)C1(F)CN(OC(C)(C)C)C(=O)NC1=O. The maximum absolute atomic E-state index is 14.4. The van der Waals surface area contributed by atoms with Crippen LogP contribution in [0.4, 0.5) is 9.18 Å². The van der Waals surface area contributed by atoms with Crippen molar-refractivity contribution >= 4 is 17.9 Å². The molecule has 19 heavy (non-hydrogen) atoms. The van der Waals surface area contributed by atoms with Crippen LogP contribution < -0.4 is 5.32 Å². The number of carbonyl (C=O) groups is 3. The van der Waals surface area contributed by atoms with E-state index in [2.05, 4.69) is 4.74 Å². The number of hydroxylamine groups is 2. The van der Waals surface area contributed by atoms with E-state index in [1.54, 1.807) is 26.1 Å². The average Bonchev–Trinajstić information content (AvgIpc) is 2.24. The van der Waals surface area contributed by atoms with Crippen molar-refractivity contribution in [2.75, 3.05) is 13.2 Å².